The standard InChI is InChI=1S/C15H13BrN2O2S/c1-21-11-8-6-10(7-9-11)14(19)17-18-15(20)12-4-2-3-5-13(12)16/h2-9H,1H3,(H,17,19)(H,18,20). The molecular weight excluding hydrogens is 352 g/mol. The Morgan fingerprint density at radius 1 is 0.952 bits per heavy atom. The summed E-state index contributed by atoms with van der Waals surface area (Å²) in [5.74, 6) is -0.736. The van der Waals surface area contributed by atoms with Crippen LogP contribution in [0.25, 0.3) is 0 Å². The number of hydrogen-bond acceptors (Lipinski definition) is 3. The highest BCUT2D eigenvalue weighted by atomic mass is 79.9. The fraction of sp³-hybridized carbons (Fsp3) is 0.0667. The van der Waals surface area contributed by atoms with Crippen LogP contribution in [0.1, 0.15) is 20.7 Å². The van der Waals surface area contributed by atoms with E-state index >= 15 is 0 Å². The van der Waals surface area contributed by atoms with Crippen LogP contribution in [0.4, 0.5) is 0 Å². The van der Waals surface area contributed by atoms with Crippen LogP contribution in [0.3, 0.4) is 0 Å². The fourth-order valence-corrected chi connectivity index (χ4v) is 2.51. The molecule has 0 aromatic heterocycles. The summed E-state index contributed by atoms with van der Waals surface area (Å²) in [5.41, 5.74) is 5.73. The van der Waals surface area contributed by atoms with E-state index in [2.05, 4.69) is 26.8 Å². The molecule has 4 nitrogen and oxygen atoms in total. The molecule has 0 spiro atoms. The van der Waals surface area contributed by atoms with Crippen molar-refractivity contribution in [2.75, 3.05) is 6.26 Å². The first kappa shape index (κ1) is 15.6. The van der Waals surface area contributed by atoms with Gasteiger partial charge in [-0.1, -0.05) is 12.1 Å². The Hall–Kier alpha value is -1.79. The van der Waals surface area contributed by atoms with Crippen molar-refractivity contribution in [3.8, 4) is 0 Å². The van der Waals surface area contributed by atoms with Gasteiger partial charge < -0.3 is 0 Å². The molecule has 108 valence electrons. The van der Waals surface area contributed by atoms with Crippen molar-refractivity contribution in [2.24, 2.45) is 0 Å². The molecule has 0 aliphatic rings. The van der Waals surface area contributed by atoms with E-state index in [9.17, 15) is 9.59 Å². The molecule has 2 N–H and O–H groups in total. The minimum Gasteiger partial charge on any atom is -0.267 e. The van der Waals surface area contributed by atoms with Crippen LogP contribution in [-0.4, -0.2) is 18.1 Å². The average molecular weight is 365 g/mol. The van der Waals surface area contributed by atoms with Crippen molar-refractivity contribution in [1.29, 1.82) is 0 Å². The zero-order chi connectivity index (χ0) is 15.2. The molecule has 0 unspecified atom stereocenters. The van der Waals surface area contributed by atoms with Gasteiger partial charge in [0.25, 0.3) is 11.8 Å². The highest BCUT2D eigenvalue weighted by molar-refractivity contribution is 9.10. The molecule has 6 heteroatoms. The summed E-state index contributed by atoms with van der Waals surface area (Å²) in [6.07, 6.45) is 1.97. The molecule has 0 heterocycles. The van der Waals surface area contributed by atoms with Gasteiger partial charge in [0.05, 0.1) is 5.56 Å². The van der Waals surface area contributed by atoms with E-state index in [4.69, 9.17) is 0 Å². The molecule has 0 atom stereocenters. The lowest BCUT2D eigenvalue weighted by Gasteiger charge is -2.08. The Bertz CT molecular complexity index is 659. The normalized spacial score (nSPS) is 10.0. The first-order valence-corrected chi connectivity index (χ1v) is 8.13. The third kappa shape index (κ3) is 4.09. The zero-order valence-corrected chi connectivity index (χ0v) is 13.6. The Morgan fingerprint density at radius 3 is 2.19 bits per heavy atom. The molecule has 0 saturated heterocycles. The second-order valence-corrected chi connectivity index (χ2v) is 5.85. The quantitative estimate of drug-likeness (QED) is 0.649. The Labute approximate surface area is 135 Å². The lowest BCUT2D eigenvalue weighted by Crippen LogP contribution is -2.41. The smallest absolute Gasteiger partial charge is 0.267 e. The van der Waals surface area contributed by atoms with Crippen LogP contribution in [0, 0.1) is 0 Å². The Kier molecular flexibility index (Phi) is 5.41. The second kappa shape index (κ2) is 7.28. The minimum atomic E-state index is -0.378. The number of amides is 2. The molecule has 0 aliphatic heterocycles. The van der Waals surface area contributed by atoms with Crippen molar-refractivity contribution >= 4 is 39.5 Å². The lowest BCUT2D eigenvalue weighted by molar-refractivity contribution is 0.0846. The van der Waals surface area contributed by atoms with E-state index in [-0.39, 0.29) is 11.8 Å². The highest BCUT2D eigenvalue weighted by Crippen LogP contribution is 2.16. The van der Waals surface area contributed by atoms with Crippen molar-refractivity contribution in [3.63, 3.8) is 0 Å². The van der Waals surface area contributed by atoms with Crippen LogP contribution in [0.2, 0.25) is 0 Å². The molecule has 0 fully saturated rings. The maximum atomic E-state index is 11.9. The highest BCUT2D eigenvalue weighted by Gasteiger charge is 2.11. The van der Waals surface area contributed by atoms with E-state index in [1.807, 2.05) is 24.5 Å². The maximum Gasteiger partial charge on any atom is 0.270 e. The minimum absolute atomic E-state index is 0.358. The summed E-state index contributed by atoms with van der Waals surface area (Å²) in [5, 5.41) is 0. The molecule has 0 saturated carbocycles. The summed E-state index contributed by atoms with van der Waals surface area (Å²) in [6.45, 7) is 0. The number of carbonyl (C=O) groups is 2. The van der Waals surface area contributed by atoms with Gasteiger partial charge in [-0.25, -0.2) is 0 Å². The predicted molar refractivity (Wildman–Crippen MR) is 87.3 cm³/mol. The van der Waals surface area contributed by atoms with Crippen molar-refractivity contribution < 1.29 is 9.59 Å². The van der Waals surface area contributed by atoms with Gasteiger partial charge in [0, 0.05) is 14.9 Å². The zero-order valence-electron chi connectivity index (χ0n) is 11.2. The van der Waals surface area contributed by atoms with Crippen molar-refractivity contribution in [1.82, 2.24) is 10.9 Å². The van der Waals surface area contributed by atoms with Gasteiger partial charge >= 0.3 is 0 Å². The van der Waals surface area contributed by atoms with Crippen molar-refractivity contribution in [3.05, 3.63) is 64.1 Å². The third-order valence-electron chi connectivity index (χ3n) is 2.76. The number of hydrazine groups is 1. The molecule has 0 aliphatic carbocycles. The fourth-order valence-electron chi connectivity index (χ4n) is 1.64. The first-order valence-electron chi connectivity index (χ1n) is 6.11. The molecule has 2 amide bonds. The summed E-state index contributed by atoms with van der Waals surface area (Å²) in [4.78, 5) is 24.9. The lowest BCUT2D eigenvalue weighted by atomic mass is 10.2. The summed E-state index contributed by atoms with van der Waals surface area (Å²) >= 11 is 4.89. The Morgan fingerprint density at radius 2 is 1.57 bits per heavy atom. The van der Waals surface area contributed by atoms with Crippen LogP contribution < -0.4 is 10.9 Å². The number of benzene rings is 2. The third-order valence-corrected chi connectivity index (χ3v) is 4.20. The van der Waals surface area contributed by atoms with E-state index in [1.54, 1.807) is 42.1 Å². The largest absolute Gasteiger partial charge is 0.270 e. The number of hydrogen-bond donors (Lipinski definition) is 2. The van der Waals surface area contributed by atoms with Crippen LogP contribution in [0.15, 0.2) is 57.9 Å². The van der Waals surface area contributed by atoms with Crippen LogP contribution in [-0.2, 0) is 0 Å². The molecular formula is C15H13BrN2O2S. The number of thioether (sulfide) groups is 1. The molecule has 0 radical (unpaired) electrons. The summed E-state index contributed by atoms with van der Waals surface area (Å²) in [6, 6.07) is 14.1. The monoisotopic (exact) mass is 364 g/mol. The summed E-state index contributed by atoms with van der Waals surface area (Å²) < 4.78 is 0.668. The number of halogens is 1. The van der Waals surface area contributed by atoms with E-state index < -0.39 is 0 Å². The van der Waals surface area contributed by atoms with Gasteiger partial charge in [-0.15, -0.1) is 11.8 Å². The van der Waals surface area contributed by atoms with E-state index in [1.165, 1.54) is 0 Å². The molecule has 0 bridgehead atoms. The molecule has 2 aromatic carbocycles. The SMILES string of the molecule is CSc1ccc(C(=O)NNC(=O)c2ccccc2Br)cc1. The molecule has 2 aromatic rings. The second-order valence-electron chi connectivity index (χ2n) is 4.12. The number of nitrogens with one attached hydrogen (secondary N) is 2. The average Bonchev–Trinajstić information content (AvgIpc) is 2.52. The number of carbonyl (C=O) groups excluding carboxylic acids is 2. The maximum absolute atomic E-state index is 11.9. The Balaban J connectivity index is 1.97. The van der Waals surface area contributed by atoms with Crippen molar-refractivity contribution in [2.45, 2.75) is 4.90 Å². The van der Waals surface area contributed by atoms with Gasteiger partial charge in [0.1, 0.15) is 0 Å². The van der Waals surface area contributed by atoms with Gasteiger partial charge in [-0.2, -0.15) is 0 Å². The number of rotatable bonds is 3. The molecule has 2 rings (SSSR count). The topological polar surface area (TPSA) is 58.2 Å². The van der Waals surface area contributed by atoms with Crippen LogP contribution >= 0.6 is 27.7 Å². The van der Waals surface area contributed by atoms with E-state index in [0.717, 1.165) is 4.90 Å². The summed E-state index contributed by atoms with van der Waals surface area (Å²) in [7, 11) is 0. The van der Waals surface area contributed by atoms with Gasteiger partial charge in [0.2, 0.25) is 0 Å². The predicted octanol–water partition coefficient (Wildman–Crippen LogP) is 3.25. The van der Waals surface area contributed by atoms with Gasteiger partial charge in [-0.3, -0.25) is 20.4 Å². The van der Waals surface area contributed by atoms with E-state index in [0.29, 0.717) is 15.6 Å². The van der Waals surface area contributed by atoms with Crippen LogP contribution in [0.5, 0.6) is 0 Å². The van der Waals surface area contributed by atoms with Gasteiger partial charge in [-0.05, 0) is 58.6 Å². The molecule has 21 heavy (non-hydrogen) atoms. The first-order chi connectivity index (χ1) is 10.1. The van der Waals surface area contributed by atoms with Gasteiger partial charge in [0.15, 0.2) is 0 Å².